The molecule has 0 aliphatic heterocycles. The van der Waals surface area contributed by atoms with E-state index >= 15 is 0 Å². The molecule has 94 valence electrons. The Balaban J connectivity index is 4.07. The van der Waals surface area contributed by atoms with Crippen molar-refractivity contribution in [2.24, 2.45) is 0 Å². The molecule has 1 amide bonds. The summed E-state index contributed by atoms with van der Waals surface area (Å²) in [6, 6.07) is -0.906. The molecule has 0 radical (unpaired) electrons. The van der Waals surface area contributed by atoms with Gasteiger partial charge in [-0.25, -0.2) is 4.79 Å². The van der Waals surface area contributed by atoms with Crippen LogP contribution in [0, 0.1) is 0 Å². The summed E-state index contributed by atoms with van der Waals surface area (Å²) < 4.78 is 0. The topological polar surface area (TPSA) is 89.9 Å². The van der Waals surface area contributed by atoms with Gasteiger partial charge >= 0.3 is 5.97 Å². The zero-order valence-corrected chi connectivity index (χ0v) is 9.93. The molecule has 0 bridgehead atoms. The van der Waals surface area contributed by atoms with Crippen LogP contribution < -0.4 is 5.32 Å². The Kier molecular flexibility index (Phi) is 6.67. The lowest BCUT2D eigenvalue weighted by Crippen LogP contribution is -2.47. The molecule has 0 aliphatic rings. The van der Waals surface area contributed by atoms with Gasteiger partial charge in [0.05, 0.1) is 6.10 Å². The van der Waals surface area contributed by atoms with E-state index in [1.165, 1.54) is 6.92 Å². The maximum Gasteiger partial charge on any atom is 0.327 e. The van der Waals surface area contributed by atoms with Crippen molar-refractivity contribution >= 4 is 11.9 Å². The summed E-state index contributed by atoms with van der Waals surface area (Å²) in [5, 5.41) is 20.3. The first-order valence-corrected chi connectivity index (χ1v) is 5.19. The third kappa shape index (κ3) is 7.19. The smallest absolute Gasteiger partial charge is 0.327 e. The van der Waals surface area contributed by atoms with Crippen molar-refractivity contribution in [3.8, 4) is 0 Å². The largest absolute Gasteiger partial charge is 0.480 e. The van der Waals surface area contributed by atoms with Crippen molar-refractivity contribution in [3.63, 3.8) is 0 Å². The van der Waals surface area contributed by atoms with Crippen molar-refractivity contribution in [2.75, 3.05) is 20.1 Å². The highest BCUT2D eigenvalue weighted by molar-refractivity contribution is 5.82. The number of hydrogen-bond donors (Lipinski definition) is 3. The molecule has 0 aromatic carbocycles. The zero-order valence-electron chi connectivity index (χ0n) is 9.93. The Labute approximate surface area is 95.2 Å². The predicted molar refractivity (Wildman–Crippen MR) is 59.0 cm³/mol. The lowest BCUT2D eigenvalue weighted by molar-refractivity contribution is -0.142. The van der Waals surface area contributed by atoms with Gasteiger partial charge in [0.15, 0.2) is 0 Å². The third-order valence-corrected chi connectivity index (χ3v) is 2.10. The van der Waals surface area contributed by atoms with Crippen LogP contribution >= 0.6 is 0 Å². The second-order valence-electron chi connectivity index (χ2n) is 3.99. The van der Waals surface area contributed by atoms with E-state index in [-0.39, 0.29) is 12.5 Å². The van der Waals surface area contributed by atoms with Gasteiger partial charge in [-0.3, -0.25) is 4.79 Å². The number of carboxylic acid groups (broad SMARTS) is 1. The van der Waals surface area contributed by atoms with Crippen LogP contribution in [0.1, 0.15) is 20.3 Å². The molecule has 2 atom stereocenters. The summed E-state index contributed by atoms with van der Waals surface area (Å²) in [6.07, 6.45) is 0.162. The quantitative estimate of drug-likeness (QED) is 0.539. The van der Waals surface area contributed by atoms with Crippen LogP contribution in [-0.2, 0) is 9.59 Å². The SMILES string of the molecule is CC(=O)NC(CN(C)CCC(C)O)C(=O)O. The minimum atomic E-state index is -1.06. The summed E-state index contributed by atoms with van der Waals surface area (Å²) >= 11 is 0. The fourth-order valence-electron chi connectivity index (χ4n) is 1.24. The molecule has 0 aliphatic carbocycles. The van der Waals surface area contributed by atoms with E-state index in [4.69, 9.17) is 10.2 Å². The number of amides is 1. The molecule has 0 rings (SSSR count). The van der Waals surface area contributed by atoms with Gasteiger partial charge in [-0.1, -0.05) is 0 Å². The maximum atomic E-state index is 10.8. The van der Waals surface area contributed by atoms with Gasteiger partial charge in [0.1, 0.15) is 6.04 Å². The molecule has 0 aromatic rings. The standard InChI is InChI=1S/C10H20N2O4/c1-7(13)4-5-12(3)6-9(10(15)16)11-8(2)14/h7,9,13H,4-6H2,1-3H3,(H,11,14)(H,15,16). The van der Waals surface area contributed by atoms with Crippen molar-refractivity contribution in [3.05, 3.63) is 0 Å². The summed E-state index contributed by atoms with van der Waals surface area (Å²) in [6.45, 7) is 3.77. The maximum absolute atomic E-state index is 10.8. The van der Waals surface area contributed by atoms with E-state index in [1.807, 2.05) is 0 Å². The van der Waals surface area contributed by atoms with E-state index in [9.17, 15) is 9.59 Å². The van der Waals surface area contributed by atoms with Crippen molar-refractivity contribution in [2.45, 2.75) is 32.4 Å². The number of carbonyl (C=O) groups excluding carboxylic acids is 1. The van der Waals surface area contributed by atoms with E-state index in [1.54, 1.807) is 18.9 Å². The second-order valence-corrected chi connectivity index (χ2v) is 3.99. The number of nitrogens with zero attached hydrogens (tertiary/aromatic N) is 1. The lowest BCUT2D eigenvalue weighted by Gasteiger charge is -2.22. The number of aliphatic hydroxyl groups excluding tert-OH is 1. The molecule has 0 aromatic heterocycles. The molecule has 16 heavy (non-hydrogen) atoms. The molecule has 0 fully saturated rings. The molecule has 3 N–H and O–H groups in total. The fourth-order valence-corrected chi connectivity index (χ4v) is 1.24. The average Bonchev–Trinajstić information content (AvgIpc) is 2.12. The Morgan fingerprint density at radius 3 is 2.38 bits per heavy atom. The lowest BCUT2D eigenvalue weighted by atomic mass is 10.2. The van der Waals surface area contributed by atoms with Gasteiger partial charge in [0.2, 0.25) is 5.91 Å². The predicted octanol–water partition coefficient (Wildman–Crippen LogP) is -0.722. The van der Waals surface area contributed by atoms with Crippen LogP contribution in [0.4, 0.5) is 0 Å². The van der Waals surface area contributed by atoms with E-state index < -0.39 is 18.1 Å². The highest BCUT2D eigenvalue weighted by Gasteiger charge is 2.20. The van der Waals surface area contributed by atoms with Crippen LogP contribution in [0.5, 0.6) is 0 Å². The van der Waals surface area contributed by atoms with Gasteiger partial charge in [-0.2, -0.15) is 0 Å². The van der Waals surface area contributed by atoms with Gasteiger partial charge in [0, 0.05) is 20.0 Å². The number of carboxylic acids is 1. The van der Waals surface area contributed by atoms with Crippen molar-refractivity contribution in [1.82, 2.24) is 10.2 Å². The van der Waals surface area contributed by atoms with Crippen LogP contribution in [-0.4, -0.2) is 59.3 Å². The second kappa shape index (κ2) is 7.19. The highest BCUT2D eigenvalue weighted by Crippen LogP contribution is 1.96. The van der Waals surface area contributed by atoms with Gasteiger partial charge < -0.3 is 20.4 Å². The Hall–Kier alpha value is -1.14. The van der Waals surface area contributed by atoms with Gasteiger partial charge in [0.25, 0.3) is 0 Å². The minimum absolute atomic E-state index is 0.224. The third-order valence-electron chi connectivity index (χ3n) is 2.10. The molecular formula is C10H20N2O4. The number of aliphatic carboxylic acids is 1. The normalized spacial score (nSPS) is 14.6. The Morgan fingerprint density at radius 2 is 2.00 bits per heavy atom. The summed E-state index contributed by atoms with van der Waals surface area (Å²) in [5.74, 6) is -1.42. The number of aliphatic hydroxyl groups is 1. The number of hydrogen-bond acceptors (Lipinski definition) is 4. The Morgan fingerprint density at radius 1 is 1.44 bits per heavy atom. The molecule has 6 heteroatoms. The monoisotopic (exact) mass is 232 g/mol. The van der Waals surface area contributed by atoms with Crippen LogP contribution in [0.25, 0.3) is 0 Å². The first kappa shape index (κ1) is 14.9. The van der Waals surface area contributed by atoms with Crippen LogP contribution in [0.2, 0.25) is 0 Å². The number of likely N-dealkylation sites (N-methyl/N-ethyl adjacent to an activating group) is 1. The van der Waals surface area contributed by atoms with Crippen LogP contribution in [0.3, 0.4) is 0 Å². The number of nitrogens with one attached hydrogen (secondary N) is 1. The molecule has 0 heterocycles. The average molecular weight is 232 g/mol. The van der Waals surface area contributed by atoms with Gasteiger partial charge in [-0.05, 0) is 20.4 Å². The molecule has 0 saturated carbocycles. The zero-order chi connectivity index (χ0) is 12.7. The van der Waals surface area contributed by atoms with Crippen molar-refractivity contribution in [1.29, 1.82) is 0 Å². The van der Waals surface area contributed by atoms with E-state index in [0.29, 0.717) is 13.0 Å². The van der Waals surface area contributed by atoms with Crippen LogP contribution in [0.15, 0.2) is 0 Å². The summed E-state index contributed by atoms with van der Waals surface area (Å²) in [7, 11) is 1.75. The van der Waals surface area contributed by atoms with E-state index in [2.05, 4.69) is 5.32 Å². The summed E-state index contributed by atoms with van der Waals surface area (Å²) in [4.78, 5) is 23.4. The molecule has 6 nitrogen and oxygen atoms in total. The molecular weight excluding hydrogens is 212 g/mol. The minimum Gasteiger partial charge on any atom is -0.480 e. The van der Waals surface area contributed by atoms with Crippen molar-refractivity contribution < 1.29 is 19.8 Å². The highest BCUT2D eigenvalue weighted by atomic mass is 16.4. The molecule has 2 unspecified atom stereocenters. The number of rotatable bonds is 7. The molecule has 0 spiro atoms. The fraction of sp³-hybridized carbons (Fsp3) is 0.800. The summed E-state index contributed by atoms with van der Waals surface area (Å²) in [5.41, 5.74) is 0. The Bertz CT molecular complexity index is 243. The molecule has 0 saturated heterocycles. The van der Waals surface area contributed by atoms with Gasteiger partial charge in [-0.15, -0.1) is 0 Å². The first-order chi connectivity index (χ1) is 7.32. The first-order valence-electron chi connectivity index (χ1n) is 5.19. The van der Waals surface area contributed by atoms with E-state index in [0.717, 1.165) is 0 Å². The number of carbonyl (C=O) groups is 2.